The Kier molecular flexibility index (Phi) is 14.8. The van der Waals surface area contributed by atoms with Crippen molar-refractivity contribution in [3.05, 3.63) is 120 Å². The molecule has 0 saturated carbocycles. The number of fused-ring (bicyclic) bond motifs is 2. The van der Waals surface area contributed by atoms with E-state index in [0.717, 1.165) is 16.7 Å². The lowest BCUT2D eigenvalue weighted by molar-refractivity contribution is -0.208. The molecule has 3 aromatic carbocycles. The number of nitrogens with zero attached hydrogens (tertiary/aromatic N) is 5. The van der Waals surface area contributed by atoms with Crippen LogP contribution in [0.2, 0.25) is 0 Å². The molecule has 5 heterocycles. The van der Waals surface area contributed by atoms with E-state index in [2.05, 4.69) is 20.3 Å². The molecule has 64 heavy (non-hydrogen) atoms. The van der Waals surface area contributed by atoms with Gasteiger partial charge in [-0.25, -0.2) is 19.7 Å². The molecule has 10 atom stereocenters. The van der Waals surface area contributed by atoms with Crippen molar-refractivity contribution in [3.63, 3.8) is 0 Å². The maximum absolute atomic E-state index is 13.4. The van der Waals surface area contributed by atoms with Gasteiger partial charge in [-0.1, -0.05) is 91.0 Å². The second-order valence-corrected chi connectivity index (χ2v) is 17.4. The molecule has 2 aromatic heterocycles. The predicted molar refractivity (Wildman–Crippen MR) is 238 cm³/mol. The van der Waals surface area contributed by atoms with E-state index in [0.29, 0.717) is 29.8 Å². The molecule has 5 aromatic rings. The number of aromatic nitrogens is 4. The molecule has 8 rings (SSSR count). The summed E-state index contributed by atoms with van der Waals surface area (Å²) in [4.78, 5) is 53.6. The third kappa shape index (κ3) is 11.2. The summed E-state index contributed by atoms with van der Waals surface area (Å²) >= 11 is 0. The quantitative estimate of drug-likeness (QED) is 0.122. The number of anilines is 1. The van der Waals surface area contributed by atoms with Crippen molar-refractivity contribution in [3.8, 4) is 0 Å². The summed E-state index contributed by atoms with van der Waals surface area (Å²) in [7, 11) is 3.76. The number of hydrogen-bond acceptors (Lipinski definition) is 14. The minimum Gasteiger partial charge on any atom is -0.445 e. The lowest BCUT2D eigenvalue weighted by Gasteiger charge is -2.25. The Bertz CT molecular complexity index is 2330. The minimum atomic E-state index is -0.891. The van der Waals surface area contributed by atoms with Gasteiger partial charge in [0.1, 0.15) is 30.9 Å². The molecule has 3 aliphatic heterocycles. The molecule has 0 spiro atoms. The molecule has 4 N–H and O–H groups in total. The summed E-state index contributed by atoms with van der Waals surface area (Å²) in [5, 5.41) is 13.8. The van der Waals surface area contributed by atoms with E-state index in [1.165, 1.54) is 6.33 Å². The van der Waals surface area contributed by atoms with Crippen molar-refractivity contribution in [2.24, 2.45) is 17.6 Å². The van der Waals surface area contributed by atoms with Gasteiger partial charge < -0.3 is 44.7 Å². The number of aliphatic hydroxyl groups excluding tert-OH is 1. The van der Waals surface area contributed by atoms with Gasteiger partial charge >= 0.3 is 6.09 Å². The second-order valence-electron chi connectivity index (χ2n) is 17.4. The molecule has 0 aliphatic carbocycles. The Hall–Kier alpha value is -5.62. The van der Waals surface area contributed by atoms with Gasteiger partial charge in [0.05, 0.1) is 30.6 Å². The Morgan fingerprint density at radius 3 is 2.05 bits per heavy atom. The van der Waals surface area contributed by atoms with Crippen LogP contribution in [0.5, 0.6) is 0 Å². The standard InChI is InChI=1S/C26H31NO6.C22H28N6O3/c1-17-20(23-24(31-17)33-26(2,3)32-23)15-22(28)21(14-18-10-6-4-7-11-18)27-25(29)30-16-19-12-8-5-9-13-19;1-13-15(10-17(29)16(23)9-14-7-5-4-6-8-14)19(30)22(31-13)28-12-26-18-20(27(2)3)24-11-25-21(18)28/h4-13,17,20-21,23-24H,14-16H2,1-3H3,(H,27,29);4-8,11-13,15-16,19,22,30H,9-10,23H2,1-3H3/t17-,20+,21+,23?,24-;13-,15+,16+,19?,22-/m11/s1. The number of ether oxygens (including phenoxy) is 5. The number of nitrogens with one attached hydrogen (secondary N) is 1. The van der Waals surface area contributed by atoms with Crippen LogP contribution < -0.4 is 16.0 Å². The first-order valence-electron chi connectivity index (χ1n) is 21.7. The minimum absolute atomic E-state index is 0.0864. The number of imidazole rings is 1. The van der Waals surface area contributed by atoms with Crippen LogP contribution >= 0.6 is 0 Å². The topological polar surface area (TPSA) is 202 Å². The zero-order valence-electron chi connectivity index (χ0n) is 37.2. The highest BCUT2D eigenvalue weighted by atomic mass is 16.8. The third-order valence-electron chi connectivity index (χ3n) is 11.9. The number of rotatable bonds is 15. The predicted octanol–water partition coefficient (Wildman–Crippen LogP) is 5.31. The van der Waals surface area contributed by atoms with E-state index in [9.17, 15) is 19.5 Å². The average molecular weight is 878 g/mol. The van der Waals surface area contributed by atoms with Gasteiger partial charge in [-0.15, -0.1) is 0 Å². The second kappa shape index (κ2) is 20.5. The number of hydrogen-bond donors (Lipinski definition) is 3. The molecule has 2 unspecified atom stereocenters. The smallest absolute Gasteiger partial charge is 0.408 e. The van der Waals surface area contributed by atoms with E-state index in [1.807, 2.05) is 138 Å². The van der Waals surface area contributed by atoms with Crippen molar-refractivity contribution in [1.29, 1.82) is 0 Å². The van der Waals surface area contributed by atoms with Gasteiger partial charge in [0.2, 0.25) is 0 Å². The molecule has 3 fully saturated rings. The van der Waals surface area contributed by atoms with Gasteiger partial charge in [-0.05, 0) is 57.2 Å². The lowest BCUT2D eigenvalue weighted by atomic mass is 9.89. The van der Waals surface area contributed by atoms with Gasteiger partial charge in [-0.3, -0.25) is 14.2 Å². The largest absolute Gasteiger partial charge is 0.445 e. The van der Waals surface area contributed by atoms with Crippen LogP contribution in [0.1, 0.15) is 63.5 Å². The summed E-state index contributed by atoms with van der Waals surface area (Å²) < 4.78 is 30.8. The molecule has 340 valence electrons. The van der Waals surface area contributed by atoms with Crippen LogP contribution in [0.25, 0.3) is 11.2 Å². The highest BCUT2D eigenvalue weighted by Gasteiger charge is 2.54. The summed E-state index contributed by atoms with van der Waals surface area (Å²) in [6.45, 7) is 7.59. The fourth-order valence-corrected chi connectivity index (χ4v) is 8.52. The lowest BCUT2D eigenvalue weighted by Crippen LogP contribution is -2.44. The molecule has 16 nitrogen and oxygen atoms in total. The van der Waals surface area contributed by atoms with Gasteiger partial charge in [0, 0.05) is 38.8 Å². The van der Waals surface area contributed by atoms with Crippen molar-refractivity contribution >= 4 is 34.6 Å². The maximum Gasteiger partial charge on any atom is 0.408 e. The van der Waals surface area contributed by atoms with Crippen molar-refractivity contribution < 1.29 is 43.2 Å². The Balaban J connectivity index is 0.000000192. The van der Waals surface area contributed by atoms with E-state index < -0.39 is 42.6 Å². The zero-order valence-corrected chi connectivity index (χ0v) is 37.2. The first kappa shape index (κ1) is 46.4. The van der Waals surface area contributed by atoms with Crippen LogP contribution in [0.4, 0.5) is 10.6 Å². The fourth-order valence-electron chi connectivity index (χ4n) is 8.52. The number of amides is 1. The summed E-state index contributed by atoms with van der Waals surface area (Å²) in [5.74, 6) is -0.777. The highest BCUT2D eigenvalue weighted by Crippen LogP contribution is 2.42. The Morgan fingerprint density at radius 2 is 1.41 bits per heavy atom. The number of aliphatic hydroxyl groups is 1. The molecule has 0 radical (unpaired) electrons. The average Bonchev–Trinajstić information content (AvgIpc) is 4.00. The van der Waals surface area contributed by atoms with Crippen LogP contribution in [0.3, 0.4) is 0 Å². The molecular weight excluding hydrogens is 819 g/mol. The zero-order chi connectivity index (χ0) is 45.5. The van der Waals surface area contributed by atoms with E-state index in [4.69, 9.17) is 29.4 Å². The molecular formula is C48H59N7O9. The first-order chi connectivity index (χ1) is 30.7. The summed E-state index contributed by atoms with van der Waals surface area (Å²) in [6, 6.07) is 27.4. The SMILES string of the molecule is C[C@H]1O[C@@H](n2cnc3c(N(C)C)ncnc32)C(O)[C@H]1CC(=O)[C@@H](N)Cc1ccccc1.C[C@H]1O[C@@H]2OC(C)(C)OC2[C@H]1CC(=O)[C@H](Cc1ccccc1)NC(=O)OCc1ccccc1. The van der Waals surface area contributed by atoms with E-state index in [1.54, 1.807) is 10.9 Å². The van der Waals surface area contributed by atoms with Gasteiger partial charge in [0.25, 0.3) is 0 Å². The van der Waals surface area contributed by atoms with Crippen LogP contribution in [0.15, 0.2) is 104 Å². The monoisotopic (exact) mass is 877 g/mol. The summed E-state index contributed by atoms with van der Waals surface area (Å²) in [6.07, 6.45) is 0.747. The third-order valence-corrected chi connectivity index (χ3v) is 11.9. The van der Waals surface area contributed by atoms with Crippen molar-refractivity contribution in [2.45, 2.75) is 115 Å². The van der Waals surface area contributed by atoms with Gasteiger partial charge in [0.15, 0.2) is 41.1 Å². The van der Waals surface area contributed by atoms with Crippen LogP contribution in [-0.2, 0) is 52.7 Å². The fraction of sp³-hybridized carbons (Fsp3) is 0.458. The number of carbonyl (C=O) groups excluding carboxylic acids is 3. The van der Waals surface area contributed by atoms with E-state index >= 15 is 0 Å². The number of alkyl carbamates (subject to hydrolysis) is 1. The number of Topliss-reactive ketones (excluding diaryl/α,β-unsaturated/α-hetero) is 2. The number of benzene rings is 3. The molecule has 1 amide bonds. The molecule has 16 heteroatoms. The van der Waals surface area contributed by atoms with Gasteiger partial charge in [-0.2, -0.15) is 0 Å². The van der Waals surface area contributed by atoms with Crippen LogP contribution in [0, 0.1) is 11.8 Å². The summed E-state index contributed by atoms with van der Waals surface area (Å²) in [5.41, 5.74) is 10.2. The van der Waals surface area contributed by atoms with E-state index in [-0.39, 0.29) is 61.2 Å². The normalized spacial score (nSPS) is 25.4. The Labute approximate surface area is 373 Å². The van der Waals surface area contributed by atoms with Crippen molar-refractivity contribution in [1.82, 2.24) is 24.8 Å². The first-order valence-corrected chi connectivity index (χ1v) is 21.7. The molecule has 0 bridgehead atoms. The maximum atomic E-state index is 13.4. The highest BCUT2D eigenvalue weighted by molar-refractivity contribution is 5.88. The number of nitrogens with two attached hydrogens (primary N) is 1. The van der Waals surface area contributed by atoms with Crippen molar-refractivity contribution in [2.75, 3.05) is 19.0 Å². The van der Waals surface area contributed by atoms with Crippen LogP contribution in [-0.4, -0.2) is 105 Å². The number of ketones is 2. The molecule has 3 saturated heterocycles. The molecule has 3 aliphatic rings. The Morgan fingerprint density at radius 1 is 0.812 bits per heavy atom. The number of carbonyl (C=O) groups is 3.